The zero-order chi connectivity index (χ0) is 20.1. The summed E-state index contributed by atoms with van der Waals surface area (Å²) in [6.45, 7) is 1.98. The van der Waals surface area contributed by atoms with Crippen LogP contribution in [0.15, 0.2) is 79.3 Å². The van der Waals surface area contributed by atoms with Crippen molar-refractivity contribution < 1.29 is 4.74 Å². The maximum Gasteiger partial charge on any atom is 0.160 e. The molecule has 0 aliphatic carbocycles. The topological polar surface area (TPSA) is 98.0 Å². The predicted octanol–water partition coefficient (Wildman–Crippen LogP) is 5.04. The van der Waals surface area contributed by atoms with Crippen LogP contribution in [0.25, 0.3) is 0 Å². The van der Waals surface area contributed by atoms with E-state index in [-0.39, 0.29) is 0 Å². The molecule has 0 atom stereocenters. The Balaban J connectivity index is 1.47. The number of ether oxygens (including phenoxy) is 1. The number of hydrogen-bond donors (Lipinski definition) is 3. The number of nitrogens with two attached hydrogens (primary N) is 1. The average molecular weight is 384 g/mol. The number of hydrogen-bond acceptors (Lipinski definition) is 7. The van der Waals surface area contributed by atoms with E-state index in [4.69, 9.17) is 10.5 Å². The lowest BCUT2D eigenvalue weighted by molar-refractivity contribution is 0.483. The van der Waals surface area contributed by atoms with Gasteiger partial charge in [0.2, 0.25) is 0 Å². The smallest absolute Gasteiger partial charge is 0.160 e. The van der Waals surface area contributed by atoms with Crippen molar-refractivity contribution in [3.63, 3.8) is 0 Å². The van der Waals surface area contributed by atoms with Crippen LogP contribution in [-0.4, -0.2) is 15.0 Å². The third kappa shape index (κ3) is 4.59. The molecule has 0 aliphatic rings. The van der Waals surface area contributed by atoms with Crippen LogP contribution < -0.4 is 21.1 Å². The van der Waals surface area contributed by atoms with Gasteiger partial charge < -0.3 is 21.1 Å². The molecule has 0 fully saturated rings. The Morgan fingerprint density at radius 2 is 1.45 bits per heavy atom. The SMILES string of the molecule is Cc1ccc(Nc2ncnc(Nc3ccc(Oc4ccccc4)cc3)c2N)nc1. The maximum atomic E-state index is 6.24. The van der Waals surface area contributed by atoms with Gasteiger partial charge in [0, 0.05) is 11.9 Å². The number of aromatic nitrogens is 3. The van der Waals surface area contributed by atoms with Gasteiger partial charge in [0.05, 0.1) is 0 Å². The van der Waals surface area contributed by atoms with Crippen molar-refractivity contribution in [2.45, 2.75) is 6.92 Å². The standard InChI is InChI=1S/C22H20N6O/c1-15-7-12-19(24-13-15)28-22-20(23)21(25-14-26-22)27-16-8-10-18(11-9-16)29-17-5-3-2-4-6-17/h2-14H,23H2,1H3,(H2,24,25,26,27,28). The fourth-order valence-electron chi connectivity index (χ4n) is 2.63. The zero-order valence-corrected chi connectivity index (χ0v) is 15.8. The summed E-state index contributed by atoms with van der Waals surface area (Å²) >= 11 is 0. The minimum atomic E-state index is 0.402. The fourth-order valence-corrected chi connectivity index (χ4v) is 2.63. The van der Waals surface area contributed by atoms with E-state index >= 15 is 0 Å². The van der Waals surface area contributed by atoms with Crippen molar-refractivity contribution in [3.05, 3.63) is 84.8 Å². The summed E-state index contributed by atoms with van der Waals surface area (Å²) in [5, 5.41) is 6.32. The molecule has 2 aromatic carbocycles. The monoisotopic (exact) mass is 384 g/mol. The van der Waals surface area contributed by atoms with Crippen molar-refractivity contribution in [3.8, 4) is 11.5 Å². The number of nitrogen functional groups attached to an aromatic ring is 1. The molecular formula is C22H20N6O. The number of aryl methyl sites for hydroxylation is 1. The van der Waals surface area contributed by atoms with E-state index in [0.29, 0.717) is 23.1 Å². The highest BCUT2D eigenvalue weighted by Crippen LogP contribution is 2.29. The molecule has 0 unspecified atom stereocenters. The second-order valence-corrected chi connectivity index (χ2v) is 6.39. The van der Waals surface area contributed by atoms with E-state index in [0.717, 1.165) is 22.7 Å². The van der Waals surface area contributed by atoms with Gasteiger partial charge in [0.1, 0.15) is 29.3 Å². The summed E-state index contributed by atoms with van der Waals surface area (Å²) in [5.74, 6) is 3.18. The first-order valence-electron chi connectivity index (χ1n) is 9.07. The van der Waals surface area contributed by atoms with Gasteiger partial charge in [0.25, 0.3) is 0 Å². The van der Waals surface area contributed by atoms with Crippen molar-refractivity contribution >= 4 is 28.8 Å². The molecular weight excluding hydrogens is 364 g/mol. The number of anilines is 5. The lowest BCUT2D eigenvalue weighted by atomic mass is 10.3. The average Bonchev–Trinajstić information content (AvgIpc) is 2.75. The second kappa shape index (κ2) is 8.26. The lowest BCUT2D eigenvalue weighted by Crippen LogP contribution is -2.05. The molecule has 4 rings (SSSR count). The first-order chi connectivity index (χ1) is 14.2. The van der Waals surface area contributed by atoms with Gasteiger partial charge in [-0.15, -0.1) is 0 Å². The fraction of sp³-hybridized carbons (Fsp3) is 0.0455. The maximum absolute atomic E-state index is 6.24. The van der Waals surface area contributed by atoms with Crippen LogP contribution in [0.4, 0.5) is 28.8 Å². The summed E-state index contributed by atoms with van der Waals surface area (Å²) in [6.07, 6.45) is 3.22. The van der Waals surface area contributed by atoms with Crippen LogP contribution in [-0.2, 0) is 0 Å². The Morgan fingerprint density at radius 3 is 2.14 bits per heavy atom. The van der Waals surface area contributed by atoms with Crippen molar-refractivity contribution in [2.24, 2.45) is 0 Å². The lowest BCUT2D eigenvalue weighted by Gasteiger charge is -2.13. The summed E-state index contributed by atoms with van der Waals surface area (Å²) in [7, 11) is 0. The summed E-state index contributed by atoms with van der Waals surface area (Å²) < 4.78 is 5.81. The zero-order valence-electron chi connectivity index (χ0n) is 15.8. The molecule has 0 amide bonds. The van der Waals surface area contributed by atoms with E-state index in [1.54, 1.807) is 6.20 Å². The summed E-state index contributed by atoms with van der Waals surface area (Å²) in [5.41, 5.74) is 8.55. The van der Waals surface area contributed by atoms with E-state index < -0.39 is 0 Å². The molecule has 2 aromatic heterocycles. The Bertz CT molecular complexity index is 1080. The molecule has 4 aromatic rings. The third-order valence-corrected chi connectivity index (χ3v) is 4.14. The molecule has 0 aliphatic heterocycles. The van der Waals surface area contributed by atoms with Crippen LogP contribution in [0.1, 0.15) is 5.56 Å². The number of para-hydroxylation sites is 1. The van der Waals surface area contributed by atoms with Crippen molar-refractivity contribution in [1.29, 1.82) is 0 Å². The van der Waals surface area contributed by atoms with E-state index in [2.05, 4.69) is 25.6 Å². The quantitative estimate of drug-likeness (QED) is 0.428. The molecule has 0 saturated carbocycles. The van der Waals surface area contributed by atoms with Gasteiger partial charge in [-0.05, 0) is 55.0 Å². The minimum Gasteiger partial charge on any atom is -0.457 e. The molecule has 0 saturated heterocycles. The van der Waals surface area contributed by atoms with E-state index in [9.17, 15) is 0 Å². The number of nitrogens with zero attached hydrogens (tertiary/aromatic N) is 3. The van der Waals surface area contributed by atoms with Gasteiger partial charge in [-0.3, -0.25) is 0 Å². The molecule has 4 N–H and O–H groups in total. The molecule has 2 heterocycles. The molecule has 0 spiro atoms. The van der Waals surface area contributed by atoms with Gasteiger partial charge in [-0.2, -0.15) is 0 Å². The summed E-state index contributed by atoms with van der Waals surface area (Å²) in [4.78, 5) is 12.8. The van der Waals surface area contributed by atoms with Gasteiger partial charge >= 0.3 is 0 Å². The van der Waals surface area contributed by atoms with E-state index in [1.165, 1.54) is 6.33 Å². The van der Waals surface area contributed by atoms with Crippen molar-refractivity contribution in [2.75, 3.05) is 16.4 Å². The first kappa shape index (κ1) is 18.2. The Kier molecular flexibility index (Phi) is 5.20. The van der Waals surface area contributed by atoms with Gasteiger partial charge in [0.15, 0.2) is 11.6 Å². The molecule has 0 bridgehead atoms. The van der Waals surface area contributed by atoms with E-state index in [1.807, 2.05) is 73.7 Å². The first-order valence-corrected chi connectivity index (χ1v) is 9.07. The Morgan fingerprint density at radius 1 is 0.759 bits per heavy atom. The third-order valence-electron chi connectivity index (χ3n) is 4.14. The molecule has 0 radical (unpaired) electrons. The number of rotatable bonds is 6. The largest absolute Gasteiger partial charge is 0.457 e. The van der Waals surface area contributed by atoms with Crippen LogP contribution in [0.2, 0.25) is 0 Å². The predicted molar refractivity (Wildman–Crippen MR) is 115 cm³/mol. The molecule has 29 heavy (non-hydrogen) atoms. The Hall–Kier alpha value is -4.13. The minimum absolute atomic E-state index is 0.402. The highest BCUT2D eigenvalue weighted by atomic mass is 16.5. The highest BCUT2D eigenvalue weighted by Gasteiger charge is 2.09. The van der Waals surface area contributed by atoms with Crippen LogP contribution >= 0.6 is 0 Å². The second-order valence-electron chi connectivity index (χ2n) is 6.39. The number of pyridine rings is 1. The molecule has 7 heteroatoms. The molecule has 144 valence electrons. The van der Waals surface area contributed by atoms with Crippen LogP contribution in [0, 0.1) is 6.92 Å². The molecule has 7 nitrogen and oxygen atoms in total. The summed E-state index contributed by atoms with van der Waals surface area (Å²) in [6, 6.07) is 21.0. The Labute approximate surface area is 168 Å². The van der Waals surface area contributed by atoms with Crippen LogP contribution in [0.3, 0.4) is 0 Å². The number of benzene rings is 2. The van der Waals surface area contributed by atoms with Gasteiger partial charge in [-0.1, -0.05) is 24.3 Å². The van der Waals surface area contributed by atoms with Crippen LogP contribution in [0.5, 0.6) is 11.5 Å². The number of nitrogens with one attached hydrogen (secondary N) is 2. The van der Waals surface area contributed by atoms with Gasteiger partial charge in [-0.25, -0.2) is 15.0 Å². The highest BCUT2D eigenvalue weighted by molar-refractivity contribution is 5.79. The normalized spacial score (nSPS) is 10.4. The van der Waals surface area contributed by atoms with Crippen molar-refractivity contribution in [1.82, 2.24) is 15.0 Å².